The van der Waals surface area contributed by atoms with Gasteiger partial charge in [0.15, 0.2) is 8.68 Å². The summed E-state index contributed by atoms with van der Waals surface area (Å²) in [6, 6.07) is 0. The molecule has 0 fully saturated rings. The molecule has 0 aromatic carbocycles. The van der Waals surface area contributed by atoms with Gasteiger partial charge in [-0.15, -0.1) is 10.2 Å². The summed E-state index contributed by atoms with van der Waals surface area (Å²) in [5, 5.41) is 28.5. The molecule has 1 heterocycles. The first-order chi connectivity index (χ1) is 16.8. The van der Waals surface area contributed by atoms with Crippen LogP contribution in [-0.4, -0.2) is 69.3 Å². The molecule has 0 radical (unpaired) electrons. The van der Waals surface area contributed by atoms with Crippen LogP contribution < -0.4 is 0 Å². The number of aromatic nitrogens is 2. The fourth-order valence-electron chi connectivity index (χ4n) is 3.22. The van der Waals surface area contributed by atoms with Crippen molar-refractivity contribution in [2.75, 3.05) is 24.7 Å². The highest BCUT2D eigenvalue weighted by Gasteiger charge is 2.20. The van der Waals surface area contributed by atoms with Gasteiger partial charge in [0, 0.05) is 11.5 Å². The van der Waals surface area contributed by atoms with Crippen LogP contribution in [0.1, 0.15) is 79.1 Å². The molecule has 2 N–H and O–H groups in total. The predicted molar refractivity (Wildman–Crippen MR) is 142 cm³/mol. The van der Waals surface area contributed by atoms with Gasteiger partial charge in [0.2, 0.25) is 0 Å². The molecule has 4 unspecified atom stereocenters. The summed E-state index contributed by atoms with van der Waals surface area (Å²) in [7, 11) is 0. The molecule has 1 rings (SSSR count). The van der Waals surface area contributed by atoms with Crippen molar-refractivity contribution in [3.05, 3.63) is 0 Å². The fourth-order valence-corrected chi connectivity index (χ4v) is 6.10. The minimum atomic E-state index is -0.784. The monoisotopic (exact) mass is 550 g/mol. The normalized spacial score (nSPS) is 14.8. The summed E-state index contributed by atoms with van der Waals surface area (Å²) in [6.07, 6.45) is 5.60. The molecular formula is C24H42N2O6S3. The number of rotatable bonds is 20. The smallest absolute Gasteiger partial charge is 0.309 e. The van der Waals surface area contributed by atoms with Crippen molar-refractivity contribution in [3.8, 4) is 0 Å². The van der Waals surface area contributed by atoms with Gasteiger partial charge in [0.25, 0.3) is 0 Å². The van der Waals surface area contributed by atoms with Crippen molar-refractivity contribution in [2.45, 2.75) is 99.9 Å². The van der Waals surface area contributed by atoms with Crippen molar-refractivity contribution < 1.29 is 29.3 Å². The molecule has 0 aliphatic heterocycles. The zero-order chi connectivity index (χ0) is 26.1. The summed E-state index contributed by atoms with van der Waals surface area (Å²) in [6.45, 7) is 8.07. The number of thioether (sulfide) groups is 2. The lowest BCUT2D eigenvalue weighted by Gasteiger charge is -2.15. The van der Waals surface area contributed by atoms with Gasteiger partial charge in [-0.2, -0.15) is 0 Å². The third kappa shape index (κ3) is 13.9. The van der Waals surface area contributed by atoms with E-state index in [1.54, 1.807) is 0 Å². The molecule has 0 saturated carbocycles. The number of hydrogen-bond acceptors (Lipinski definition) is 11. The van der Waals surface area contributed by atoms with Gasteiger partial charge in [-0.05, 0) is 25.7 Å². The van der Waals surface area contributed by atoms with Crippen LogP contribution in [0.3, 0.4) is 0 Å². The van der Waals surface area contributed by atoms with Crippen LogP contribution in [0.25, 0.3) is 0 Å². The lowest BCUT2D eigenvalue weighted by atomic mass is 10.00. The van der Waals surface area contributed by atoms with Crippen LogP contribution >= 0.6 is 34.9 Å². The van der Waals surface area contributed by atoms with Crippen LogP contribution in [0, 0.1) is 11.8 Å². The maximum atomic E-state index is 12.2. The van der Waals surface area contributed by atoms with Crippen LogP contribution in [0.2, 0.25) is 0 Å². The van der Waals surface area contributed by atoms with Gasteiger partial charge >= 0.3 is 11.9 Å². The first-order valence-corrected chi connectivity index (χ1v) is 15.4. The van der Waals surface area contributed by atoms with E-state index in [1.165, 1.54) is 34.9 Å². The van der Waals surface area contributed by atoms with Crippen molar-refractivity contribution in [1.29, 1.82) is 0 Å². The van der Waals surface area contributed by atoms with Crippen LogP contribution in [0.4, 0.5) is 0 Å². The van der Waals surface area contributed by atoms with E-state index >= 15 is 0 Å². The zero-order valence-corrected chi connectivity index (χ0v) is 23.9. The van der Waals surface area contributed by atoms with E-state index in [2.05, 4.69) is 24.0 Å². The Morgan fingerprint density at radius 2 is 1.20 bits per heavy atom. The molecule has 202 valence electrons. The van der Waals surface area contributed by atoms with Crippen molar-refractivity contribution in [2.24, 2.45) is 11.8 Å². The topological polar surface area (TPSA) is 119 Å². The second-order valence-electron chi connectivity index (χ2n) is 8.52. The molecule has 0 aliphatic rings. The molecule has 1 aromatic rings. The molecule has 8 nitrogen and oxygen atoms in total. The number of ether oxygens (including phenoxy) is 2. The van der Waals surface area contributed by atoms with Gasteiger partial charge in [-0.3, -0.25) is 9.59 Å². The number of nitrogens with zero attached hydrogens (tertiary/aromatic N) is 2. The summed E-state index contributed by atoms with van der Waals surface area (Å²) < 4.78 is 12.0. The van der Waals surface area contributed by atoms with E-state index in [1.807, 2.05) is 13.8 Å². The second kappa shape index (κ2) is 19.3. The Labute approximate surface area is 222 Å². The first kappa shape index (κ1) is 32.1. The highest BCUT2D eigenvalue weighted by Crippen LogP contribution is 2.29. The SMILES string of the molecule is CCCCC(CC)C(=O)OCC(O)CSc1nnc(SCC(O)COC(=O)C(CC)CCCC)s1. The van der Waals surface area contributed by atoms with Gasteiger partial charge in [0.05, 0.1) is 24.0 Å². The third-order valence-corrected chi connectivity index (χ3v) is 8.97. The Kier molecular flexibility index (Phi) is 17.7. The molecule has 35 heavy (non-hydrogen) atoms. The summed E-state index contributed by atoms with van der Waals surface area (Å²) in [5.41, 5.74) is 0. The fraction of sp³-hybridized carbons (Fsp3) is 0.833. The number of carbonyl (C=O) groups is 2. The number of hydrogen-bond donors (Lipinski definition) is 2. The number of carbonyl (C=O) groups excluding carboxylic acids is 2. The Balaban J connectivity index is 2.30. The van der Waals surface area contributed by atoms with Crippen LogP contribution in [-0.2, 0) is 19.1 Å². The molecule has 0 amide bonds. The van der Waals surface area contributed by atoms with Crippen molar-refractivity contribution >= 4 is 46.8 Å². The summed E-state index contributed by atoms with van der Waals surface area (Å²) in [5.74, 6) is -0.0118. The molecular weight excluding hydrogens is 508 g/mol. The molecule has 0 saturated heterocycles. The standard InChI is InChI=1S/C24H42N2O6S3/c1-5-9-11-17(7-3)21(29)31-13-19(27)15-33-23-25-26-24(35-23)34-16-20(28)14-32-22(30)18(8-4)12-10-6-2/h17-20,27-28H,5-16H2,1-4H3. The average molecular weight is 551 g/mol. The maximum Gasteiger partial charge on any atom is 0.309 e. The Morgan fingerprint density at radius 3 is 1.54 bits per heavy atom. The third-order valence-electron chi connectivity index (χ3n) is 5.49. The van der Waals surface area contributed by atoms with E-state index in [4.69, 9.17) is 9.47 Å². The second-order valence-corrected chi connectivity index (χ2v) is 12.0. The number of aliphatic hydroxyl groups is 2. The number of aliphatic hydroxyl groups excluding tert-OH is 2. The maximum absolute atomic E-state index is 12.2. The molecule has 0 spiro atoms. The average Bonchev–Trinajstić information content (AvgIpc) is 3.32. The minimum Gasteiger partial charge on any atom is -0.463 e. The Bertz CT molecular complexity index is 665. The van der Waals surface area contributed by atoms with E-state index in [9.17, 15) is 19.8 Å². The zero-order valence-electron chi connectivity index (χ0n) is 21.4. The lowest BCUT2D eigenvalue weighted by molar-refractivity contribution is -0.152. The van der Waals surface area contributed by atoms with E-state index in [-0.39, 0.29) is 37.0 Å². The molecule has 0 bridgehead atoms. The molecule has 1 aromatic heterocycles. The van der Waals surface area contributed by atoms with Crippen molar-refractivity contribution in [1.82, 2.24) is 10.2 Å². The molecule has 0 aliphatic carbocycles. The summed E-state index contributed by atoms with van der Waals surface area (Å²) >= 11 is 4.06. The number of esters is 2. The first-order valence-electron chi connectivity index (χ1n) is 12.6. The van der Waals surface area contributed by atoms with Gasteiger partial charge in [-0.1, -0.05) is 88.2 Å². The summed E-state index contributed by atoms with van der Waals surface area (Å²) in [4.78, 5) is 24.3. The van der Waals surface area contributed by atoms with E-state index in [0.29, 0.717) is 20.2 Å². The highest BCUT2D eigenvalue weighted by atomic mass is 32.2. The van der Waals surface area contributed by atoms with E-state index < -0.39 is 12.2 Å². The molecule has 11 heteroatoms. The van der Waals surface area contributed by atoms with Crippen LogP contribution in [0.5, 0.6) is 0 Å². The predicted octanol–water partition coefficient (Wildman–Crippen LogP) is 4.96. The van der Waals surface area contributed by atoms with Gasteiger partial charge < -0.3 is 19.7 Å². The molecule has 4 atom stereocenters. The Hall–Kier alpha value is -0.880. The minimum absolute atomic E-state index is 0.0306. The van der Waals surface area contributed by atoms with E-state index in [0.717, 1.165) is 51.4 Å². The lowest BCUT2D eigenvalue weighted by Crippen LogP contribution is -2.24. The number of unbranched alkanes of at least 4 members (excludes halogenated alkanes) is 2. The van der Waals surface area contributed by atoms with Crippen molar-refractivity contribution in [3.63, 3.8) is 0 Å². The van der Waals surface area contributed by atoms with Gasteiger partial charge in [-0.25, -0.2) is 0 Å². The Morgan fingerprint density at radius 1 is 0.800 bits per heavy atom. The van der Waals surface area contributed by atoms with Gasteiger partial charge in [0.1, 0.15) is 13.2 Å². The largest absolute Gasteiger partial charge is 0.463 e. The van der Waals surface area contributed by atoms with Crippen LogP contribution in [0.15, 0.2) is 8.68 Å². The quantitative estimate of drug-likeness (QED) is 0.170. The highest BCUT2D eigenvalue weighted by molar-refractivity contribution is 8.03.